The lowest BCUT2D eigenvalue weighted by molar-refractivity contribution is -0.131. The van der Waals surface area contributed by atoms with Crippen LogP contribution < -0.4 is 5.73 Å². The Balaban J connectivity index is 1.99. The van der Waals surface area contributed by atoms with Crippen molar-refractivity contribution in [3.63, 3.8) is 0 Å². The molecule has 102 valence electrons. The quantitative estimate of drug-likeness (QED) is 0.802. The van der Waals surface area contributed by atoms with E-state index in [0.717, 1.165) is 18.4 Å². The molecule has 1 aliphatic carbocycles. The van der Waals surface area contributed by atoms with E-state index in [0.29, 0.717) is 38.1 Å². The fourth-order valence-electron chi connectivity index (χ4n) is 2.85. The molecule has 1 saturated heterocycles. The number of amides is 1. The summed E-state index contributed by atoms with van der Waals surface area (Å²) in [4.78, 5) is 14.2. The van der Waals surface area contributed by atoms with Crippen molar-refractivity contribution >= 4 is 5.91 Å². The van der Waals surface area contributed by atoms with E-state index in [4.69, 9.17) is 10.5 Å². The fourth-order valence-corrected chi connectivity index (χ4v) is 2.85. The molecule has 0 aromatic heterocycles. The Morgan fingerprint density at radius 1 is 1.44 bits per heavy atom. The number of hydrogen-bond acceptors (Lipinski definition) is 3. The normalized spacial score (nSPS) is 29.3. The van der Waals surface area contributed by atoms with E-state index < -0.39 is 0 Å². The summed E-state index contributed by atoms with van der Waals surface area (Å²) in [6.07, 6.45) is 3.76. The van der Waals surface area contributed by atoms with Gasteiger partial charge < -0.3 is 15.4 Å². The average molecular weight is 252 g/mol. The number of ether oxygens (including phenoxy) is 1. The molecule has 1 aliphatic heterocycles. The van der Waals surface area contributed by atoms with Crippen molar-refractivity contribution in [1.82, 2.24) is 4.90 Å². The molecule has 4 nitrogen and oxygen atoms in total. The summed E-state index contributed by atoms with van der Waals surface area (Å²) in [5, 5.41) is 0. The standard InChI is InChI=1S/C14H24N2O2/c1-10(2)12-4-3-11(9-13(12)15)14(17)16-5-7-18-8-6-16/h3,10,12-13H,4-9,15H2,1-2H3. The molecule has 0 aromatic rings. The second-order valence-corrected chi connectivity index (χ2v) is 5.65. The van der Waals surface area contributed by atoms with Gasteiger partial charge in [-0.05, 0) is 24.7 Å². The third-order valence-corrected chi connectivity index (χ3v) is 4.07. The Hall–Kier alpha value is -0.870. The molecule has 0 spiro atoms. The molecule has 18 heavy (non-hydrogen) atoms. The van der Waals surface area contributed by atoms with Gasteiger partial charge in [0.25, 0.3) is 0 Å². The maximum absolute atomic E-state index is 12.3. The van der Waals surface area contributed by atoms with E-state index in [1.165, 1.54) is 0 Å². The van der Waals surface area contributed by atoms with Gasteiger partial charge in [-0.25, -0.2) is 0 Å². The predicted molar refractivity (Wildman–Crippen MR) is 71.0 cm³/mol. The van der Waals surface area contributed by atoms with Gasteiger partial charge >= 0.3 is 0 Å². The highest BCUT2D eigenvalue weighted by Crippen LogP contribution is 2.29. The summed E-state index contributed by atoms with van der Waals surface area (Å²) >= 11 is 0. The van der Waals surface area contributed by atoms with Crippen molar-refractivity contribution in [2.75, 3.05) is 26.3 Å². The largest absolute Gasteiger partial charge is 0.378 e. The number of nitrogens with two attached hydrogens (primary N) is 1. The average Bonchev–Trinajstić information content (AvgIpc) is 2.38. The van der Waals surface area contributed by atoms with Gasteiger partial charge in [-0.2, -0.15) is 0 Å². The first-order valence-corrected chi connectivity index (χ1v) is 6.91. The smallest absolute Gasteiger partial charge is 0.249 e. The van der Waals surface area contributed by atoms with Crippen LogP contribution in [-0.4, -0.2) is 43.2 Å². The second kappa shape index (κ2) is 5.85. The lowest BCUT2D eigenvalue weighted by Gasteiger charge is -2.34. The molecule has 2 unspecified atom stereocenters. The lowest BCUT2D eigenvalue weighted by atomic mass is 9.78. The fraction of sp³-hybridized carbons (Fsp3) is 0.786. The molecule has 0 bridgehead atoms. The number of nitrogens with zero attached hydrogens (tertiary/aromatic N) is 1. The van der Waals surface area contributed by atoms with Crippen molar-refractivity contribution in [2.24, 2.45) is 17.6 Å². The summed E-state index contributed by atoms with van der Waals surface area (Å²) in [6, 6.07) is 0.120. The van der Waals surface area contributed by atoms with Crippen molar-refractivity contribution in [3.05, 3.63) is 11.6 Å². The Kier molecular flexibility index (Phi) is 4.40. The van der Waals surface area contributed by atoms with Crippen molar-refractivity contribution in [1.29, 1.82) is 0 Å². The van der Waals surface area contributed by atoms with Crippen LogP contribution >= 0.6 is 0 Å². The number of morpholine rings is 1. The maximum atomic E-state index is 12.3. The molecule has 0 aromatic carbocycles. The summed E-state index contributed by atoms with van der Waals surface area (Å²) in [5.41, 5.74) is 7.11. The summed E-state index contributed by atoms with van der Waals surface area (Å²) < 4.78 is 5.27. The summed E-state index contributed by atoms with van der Waals surface area (Å²) in [7, 11) is 0. The molecule has 1 fully saturated rings. The van der Waals surface area contributed by atoms with Gasteiger partial charge in [-0.1, -0.05) is 19.9 Å². The van der Waals surface area contributed by atoms with Gasteiger partial charge in [0.05, 0.1) is 13.2 Å². The summed E-state index contributed by atoms with van der Waals surface area (Å²) in [6.45, 7) is 7.12. The van der Waals surface area contributed by atoms with Crippen molar-refractivity contribution in [2.45, 2.75) is 32.7 Å². The number of carbonyl (C=O) groups is 1. The highest BCUT2D eigenvalue weighted by molar-refractivity contribution is 5.93. The van der Waals surface area contributed by atoms with Crippen molar-refractivity contribution < 1.29 is 9.53 Å². The van der Waals surface area contributed by atoms with Crippen LogP contribution in [0.2, 0.25) is 0 Å². The minimum absolute atomic E-state index is 0.120. The van der Waals surface area contributed by atoms with Crippen molar-refractivity contribution in [3.8, 4) is 0 Å². The molecular formula is C14H24N2O2. The monoisotopic (exact) mass is 252 g/mol. The molecule has 4 heteroatoms. The number of carbonyl (C=O) groups excluding carboxylic acids is 1. The van der Waals surface area contributed by atoms with Crippen LogP contribution in [0, 0.1) is 11.8 Å². The zero-order chi connectivity index (χ0) is 13.1. The maximum Gasteiger partial charge on any atom is 0.249 e. The van der Waals surface area contributed by atoms with Gasteiger partial charge in [0, 0.05) is 24.7 Å². The van der Waals surface area contributed by atoms with E-state index in [2.05, 4.69) is 19.9 Å². The van der Waals surface area contributed by atoms with Crippen LogP contribution in [0.4, 0.5) is 0 Å². The van der Waals surface area contributed by atoms with Crippen LogP contribution in [-0.2, 0) is 9.53 Å². The zero-order valence-corrected chi connectivity index (χ0v) is 11.4. The number of rotatable bonds is 2. The lowest BCUT2D eigenvalue weighted by Crippen LogP contribution is -2.44. The minimum Gasteiger partial charge on any atom is -0.378 e. The SMILES string of the molecule is CC(C)C1CC=C(C(=O)N2CCOCC2)CC1N. The molecule has 0 saturated carbocycles. The van der Waals surface area contributed by atoms with Crippen LogP contribution in [0.25, 0.3) is 0 Å². The molecule has 2 atom stereocenters. The highest BCUT2D eigenvalue weighted by atomic mass is 16.5. The third kappa shape index (κ3) is 2.93. The molecule has 2 rings (SSSR count). The van der Waals surface area contributed by atoms with Gasteiger partial charge in [0.2, 0.25) is 5.91 Å². The van der Waals surface area contributed by atoms with Gasteiger partial charge in [-0.3, -0.25) is 4.79 Å². The van der Waals surface area contributed by atoms with Gasteiger partial charge in [-0.15, -0.1) is 0 Å². The highest BCUT2D eigenvalue weighted by Gasteiger charge is 2.29. The molecule has 0 radical (unpaired) electrons. The Morgan fingerprint density at radius 2 is 2.11 bits per heavy atom. The molecule has 1 heterocycles. The van der Waals surface area contributed by atoms with Crippen LogP contribution in [0.1, 0.15) is 26.7 Å². The Bertz CT molecular complexity index is 333. The zero-order valence-electron chi connectivity index (χ0n) is 11.4. The second-order valence-electron chi connectivity index (χ2n) is 5.65. The first kappa shape index (κ1) is 13.6. The number of hydrogen-bond donors (Lipinski definition) is 1. The molecule has 1 amide bonds. The van der Waals surface area contributed by atoms with E-state index in [1.807, 2.05) is 4.90 Å². The minimum atomic E-state index is 0.120. The van der Waals surface area contributed by atoms with Gasteiger partial charge in [0.15, 0.2) is 0 Å². The molecule has 2 aliphatic rings. The van der Waals surface area contributed by atoms with E-state index in [9.17, 15) is 4.79 Å². The van der Waals surface area contributed by atoms with Crippen LogP contribution in [0.15, 0.2) is 11.6 Å². The Labute approximate surface area is 109 Å². The molecule has 2 N–H and O–H groups in total. The first-order valence-electron chi connectivity index (χ1n) is 6.91. The topological polar surface area (TPSA) is 55.6 Å². The van der Waals surface area contributed by atoms with E-state index in [-0.39, 0.29) is 11.9 Å². The van der Waals surface area contributed by atoms with Crippen LogP contribution in [0.3, 0.4) is 0 Å². The molecular weight excluding hydrogens is 228 g/mol. The number of allylic oxidation sites excluding steroid dienone is 1. The van der Waals surface area contributed by atoms with E-state index >= 15 is 0 Å². The predicted octanol–water partition coefficient (Wildman–Crippen LogP) is 1.16. The van der Waals surface area contributed by atoms with E-state index in [1.54, 1.807) is 0 Å². The van der Waals surface area contributed by atoms with Crippen LogP contribution in [0.5, 0.6) is 0 Å². The Morgan fingerprint density at radius 3 is 2.67 bits per heavy atom. The third-order valence-electron chi connectivity index (χ3n) is 4.07. The first-order chi connectivity index (χ1) is 8.59. The van der Waals surface area contributed by atoms with Gasteiger partial charge in [0.1, 0.15) is 0 Å². The summed E-state index contributed by atoms with van der Waals surface area (Å²) in [5.74, 6) is 1.25.